The smallest absolute Gasteiger partial charge is 0.327 e. The maximum Gasteiger partial charge on any atom is 0.327 e. The number of thioether (sulfide) groups is 2. The van der Waals surface area contributed by atoms with Crippen molar-refractivity contribution in [3.63, 3.8) is 0 Å². The summed E-state index contributed by atoms with van der Waals surface area (Å²) in [4.78, 5) is 76.3. The number of carboxylic acids is 2. The van der Waals surface area contributed by atoms with Crippen LogP contribution >= 0.6 is 23.5 Å². The SMILES string of the molecule is CC1(C)S[C@@H]2[C@H](NC(=O)CCc3ccc(CCC(=O)N[C@@H]4C(=O)N5[C@@H]4SC(C)(C)[C@@H]5C(=O)O)cc3)C(=O)N2[C@H]1C(=O)O. The highest BCUT2D eigenvalue weighted by Gasteiger charge is 2.65. The predicted octanol–water partition coefficient (Wildman–Crippen LogP) is 0.815. The van der Waals surface area contributed by atoms with Gasteiger partial charge in [0.15, 0.2) is 0 Å². The van der Waals surface area contributed by atoms with Gasteiger partial charge in [-0.25, -0.2) is 9.59 Å². The van der Waals surface area contributed by atoms with Gasteiger partial charge in [-0.3, -0.25) is 19.2 Å². The van der Waals surface area contributed by atoms with Crippen molar-refractivity contribution in [2.75, 3.05) is 0 Å². The molecule has 0 aromatic heterocycles. The zero-order valence-electron chi connectivity index (χ0n) is 23.7. The lowest BCUT2D eigenvalue weighted by Gasteiger charge is -2.43. The van der Waals surface area contributed by atoms with E-state index in [1.54, 1.807) is 27.7 Å². The first-order valence-electron chi connectivity index (χ1n) is 13.7. The molecule has 5 rings (SSSR count). The van der Waals surface area contributed by atoms with Gasteiger partial charge in [-0.05, 0) is 51.7 Å². The minimum atomic E-state index is -1.05. The number of fused-ring (bicyclic) bond motifs is 2. The van der Waals surface area contributed by atoms with Crippen molar-refractivity contribution in [3.8, 4) is 0 Å². The number of carboxylic acid groups (broad SMARTS) is 2. The van der Waals surface area contributed by atoms with E-state index in [4.69, 9.17) is 0 Å². The molecule has 4 saturated heterocycles. The van der Waals surface area contributed by atoms with Crippen molar-refractivity contribution in [1.82, 2.24) is 20.4 Å². The Labute approximate surface area is 251 Å². The molecule has 42 heavy (non-hydrogen) atoms. The third-order valence-electron chi connectivity index (χ3n) is 8.29. The first-order valence-corrected chi connectivity index (χ1v) is 15.5. The molecular weight excluding hydrogens is 584 g/mol. The van der Waals surface area contributed by atoms with Crippen LogP contribution in [-0.2, 0) is 41.6 Å². The van der Waals surface area contributed by atoms with Gasteiger partial charge in [-0.1, -0.05) is 24.3 Å². The summed E-state index contributed by atoms with van der Waals surface area (Å²) in [6.45, 7) is 7.14. The lowest BCUT2D eigenvalue weighted by Crippen LogP contribution is -2.70. The number of benzene rings is 1. The molecule has 226 valence electrons. The minimum Gasteiger partial charge on any atom is -0.480 e. The average molecular weight is 619 g/mol. The Bertz CT molecular complexity index is 1250. The van der Waals surface area contributed by atoms with Crippen molar-refractivity contribution >= 4 is 59.1 Å². The molecule has 0 aliphatic carbocycles. The molecule has 6 atom stereocenters. The standard InChI is InChI=1S/C28H34N4O8S2/c1-27(2)19(25(37)38)31-21(35)17(23(31)41-27)29-15(33)11-9-13-5-7-14(8-6-13)10-12-16(34)30-18-22(36)32-20(26(39)40)28(3,4)42-24(18)32/h5-8,17-20,23-24H,9-12H2,1-4H3,(H,29,33)(H,30,34)(H,37,38)(H,39,40)/t17-,18-,19+,20+,23-,24-/m1/s1. The van der Waals surface area contributed by atoms with Crippen LogP contribution in [0.5, 0.6) is 0 Å². The summed E-state index contributed by atoms with van der Waals surface area (Å²) < 4.78 is -1.30. The van der Waals surface area contributed by atoms with Crippen molar-refractivity contribution in [2.24, 2.45) is 0 Å². The maximum absolute atomic E-state index is 12.6. The van der Waals surface area contributed by atoms with Gasteiger partial charge >= 0.3 is 11.9 Å². The van der Waals surface area contributed by atoms with Crippen LogP contribution in [0.3, 0.4) is 0 Å². The molecule has 0 unspecified atom stereocenters. The molecule has 0 spiro atoms. The number of hydrogen-bond donors (Lipinski definition) is 4. The molecule has 4 aliphatic heterocycles. The van der Waals surface area contributed by atoms with E-state index in [1.807, 2.05) is 24.3 Å². The van der Waals surface area contributed by atoms with E-state index in [-0.39, 0.29) is 47.2 Å². The first-order chi connectivity index (χ1) is 19.6. The molecule has 4 amide bonds. The molecule has 4 fully saturated rings. The van der Waals surface area contributed by atoms with Crippen LogP contribution in [0, 0.1) is 0 Å². The largest absolute Gasteiger partial charge is 0.480 e. The molecular formula is C28H34N4O8S2. The van der Waals surface area contributed by atoms with Crippen LogP contribution in [0.15, 0.2) is 24.3 Å². The van der Waals surface area contributed by atoms with Gasteiger partial charge in [-0.2, -0.15) is 0 Å². The molecule has 14 heteroatoms. The molecule has 1 aromatic carbocycles. The second kappa shape index (κ2) is 10.8. The van der Waals surface area contributed by atoms with Crippen LogP contribution in [-0.4, -0.2) is 100.0 Å². The van der Waals surface area contributed by atoms with Crippen LogP contribution in [0.4, 0.5) is 0 Å². The summed E-state index contributed by atoms with van der Waals surface area (Å²) >= 11 is 2.77. The van der Waals surface area contributed by atoms with Gasteiger partial charge < -0.3 is 30.6 Å². The van der Waals surface area contributed by atoms with Crippen molar-refractivity contribution in [2.45, 2.75) is 97.8 Å². The maximum atomic E-state index is 12.6. The fraction of sp³-hybridized carbons (Fsp3) is 0.571. The van der Waals surface area contributed by atoms with Crippen LogP contribution in [0.1, 0.15) is 51.7 Å². The van der Waals surface area contributed by atoms with E-state index >= 15 is 0 Å². The highest BCUT2D eigenvalue weighted by atomic mass is 32.2. The van der Waals surface area contributed by atoms with Gasteiger partial charge in [0.05, 0.1) is 0 Å². The molecule has 0 saturated carbocycles. The van der Waals surface area contributed by atoms with Gasteiger partial charge in [0.1, 0.15) is 34.9 Å². The van der Waals surface area contributed by atoms with Crippen LogP contribution in [0.2, 0.25) is 0 Å². The molecule has 12 nitrogen and oxygen atoms in total. The number of rotatable bonds is 10. The Morgan fingerprint density at radius 2 is 1.05 bits per heavy atom. The van der Waals surface area contributed by atoms with E-state index < -0.39 is 45.6 Å². The molecule has 0 bridgehead atoms. The molecule has 4 aliphatic rings. The summed E-state index contributed by atoms with van der Waals surface area (Å²) in [6.07, 6.45) is 1.23. The second-order valence-corrected chi connectivity index (χ2v) is 15.6. The number of amides is 4. The summed E-state index contributed by atoms with van der Waals surface area (Å²) in [6, 6.07) is 4.20. The Balaban J connectivity index is 1.05. The number of nitrogens with zero attached hydrogens (tertiary/aromatic N) is 2. The van der Waals surface area contributed by atoms with Crippen LogP contribution in [0.25, 0.3) is 0 Å². The van der Waals surface area contributed by atoms with Crippen LogP contribution < -0.4 is 10.6 Å². The zero-order valence-corrected chi connectivity index (χ0v) is 25.3. The minimum absolute atomic E-state index is 0.166. The molecule has 1 aromatic rings. The zero-order chi connectivity index (χ0) is 30.7. The Morgan fingerprint density at radius 3 is 1.36 bits per heavy atom. The number of β-lactam (4-membered cyclic amide) rings is 2. The van der Waals surface area contributed by atoms with Gasteiger partial charge in [-0.15, -0.1) is 23.5 Å². The van der Waals surface area contributed by atoms with E-state index in [0.29, 0.717) is 12.8 Å². The quantitative estimate of drug-likeness (QED) is 0.275. The highest BCUT2D eigenvalue weighted by Crippen LogP contribution is 2.51. The number of carbonyl (C=O) groups excluding carboxylic acids is 4. The van der Waals surface area contributed by atoms with E-state index in [2.05, 4.69) is 10.6 Å². The van der Waals surface area contributed by atoms with Gasteiger partial charge in [0, 0.05) is 22.3 Å². The van der Waals surface area contributed by atoms with E-state index in [0.717, 1.165) is 11.1 Å². The van der Waals surface area contributed by atoms with Gasteiger partial charge in [0.25, 0.3) is 0 Å². The first kappa shape index (κ1) is 30.2. The summed E-state index contributed by atoms with van der Waals surface area (Å²) in [7, 11) is 0. The lowest BCUT2D eigenvalue weighted by atomic mass is 9.96. The Kier molecular flexibility index (Phi) is 7.75. The monoisotopic (exact) mass is 618 g/mol. The summed E-state index contributed by atoms with van der Waals surface area (Å²) in [5, 5.41) is 23.8. The second-order valence-electron chi connectivity index (χ2n) is 12.1. The predicted molar refractivity (Wildman–Crippen MR) is 154 cm³/mol. The topological polar surface area (TPSA) is 173 Å². The fourth-order valence-corrected chi connectivity index (χ4v) is 9.42. The fourth-order valence-electron chi connectivity index (χ4n) is 6.17. The average Bonchev–Trinajstić information content (AvgIpc) is 3.33. The molecule has 4 N–H and O–H groups in total. The number of aliphatic carboxylic acids is 2. The van der Waals surface area contributed by atoms with Crippen molar-refractivity contribution < 1.29 is 39.0 Å². The Hall–Kier alpha value is -3.26. The highest BCUT2D eigenvalue weighted by molar-refractivity contribution is 8.02. The third-order valence-corrected chi connectivity index (χ3v) is 11.4. The van der Waals surface area contributed by atoms with Crippen molar-refractivity contribution in [3.05, 3.63) is 35.4 Å². The van der Waals surface area contributed by atoms with Gasteiger partial charge in [0.2, 0.25) is 23.6 Å². The molecule has 0 radical (unpaired) electrons. The van der Waals surface area contributed by atoms with Crippen molar-refractivity contribution in [1.29, 1.82) is 0 Å². The van der Waals surface area contributed by atoms with E-state index in [9.17, 15) is 39.0 Å². The summed E-state index contributed by atoms with van der Waals surface area (Å²) in [5.74, 6) is -3.42. The summed E-state index contributed by atoms with van der Waals surface area (Å²) in [5.41, 5.74) is 1.83. The lowest BCUT2D eigenvalue weighted by molar-refractivity contribution is -0.161. The Morgan fingerprint density at radius 1 is 0.714 bits per heavy atom. The number of nitrogens with one attached hydrogen (secondary N) is 2. The van der Waals surface area contributed by atoms with E-state index in [1.165, 1.54) is 33.3 Å². The number of carbonyl (C=O) groups is 6. The number of hydrogen-bond acceptors (Lipinski definition) is 8. The molecule has 4 heterocycles. The third kappa shape index (κ3) is 5.23. The number of aryl methyl sites for hydroxylation is 2. The normalized spacial score (nSPS) is 30.1.